The molecule has 0 aromatic heterocycles. The Morgan fingerprint density at radius 3 is 2.35 bits per heavy atom. The second-order valence-electron chi connectivity index (χ2n) is 6.66. The highest BCUT2D eigenvalue weighted by molar-refractivity contribution is 7.89. The predicted molar refractivity (Wildman–Crippen MR) is 110 cm³/mol. The van der Waals surface area contributed by atoms with Gasteiger partial charge in [0.05, 0.1) is 18.1 Å². The fraction of sp³-hybridized carbons (Fsp3) is 0.286. The zero-order valence-corrected chi connectivity index (χ0v) is 17.4. The van der Waals surface area contributed by atoms with Crippen LogP contribution in [-0.4, -0.2) is 51.5 Å². The summed E-state index contributed by atoms with van der Waals surface area (Å²) in [5, 5.41) is 2.68. The van der Waals surface area contributed by atoms with Crippen molar-refractivity contribution in [2.75, 3.05) is 26.3 Å². The van der Waals surface area contributed by atoms with Gasteiger partial charge in [-0.15, -0.1) is 0 Å². The lowest BCUT2D eigenvalue weighted by Gasteiger charge is -2.26. The maximum Gasteiger partial charge on any atom is 0.387 e. The van der Waals surface area contributed by atoms with E-state index in [1.807, 2.05) is 0 Å². The van der Waals surface area contributed by atoms with Crippen LogP contribution in [0.1, 0.15) is 11.1 Å². The molecule has 0 saturated carbocycles. The summed E-state index contributed by atoms with van der Waals surface area (Å²) in [4.78, 5) is 12.2. The molecule has 166 valence electrons. The molecule has 0 spiro atoms. The summed E-state index contributed by atoms with van der Waals surface area (Å²) in [6.07, 6.45) is 2.90. The Labute approximate surface area is 179 Å². The van der Waals surface area contributed by atoms with Crippen molar-refractivity contribution in [2.45, 2.75) is 18.1 Å². The smallest absolute Gasteiger partial charge is 0.387 e. The van der Waals surface area contributed by atoms with Gasteiger partial charge in [-0.05, 0) is 41.5 Å². The number of rotatable bonds is 8. The first-order valence-electron chi connectivity index (χ1n) is 9.52. The lowest BCUT2D eigenvalue weighted by atomic mass is 10.2. The summed E-state index contributed by atoms with van der Waals surface area (Å²) >= 11 is 0. The van der Waals surface area contributed by atoms with Crippen molar-refractivity contribution >= 4 is 22.0 Å². The van der Waals surface area contributed by atoms with Gasteiger partial charge in [0, 0.05) is 25.7 Å². The number of benzene rings is 2. The standard InChI is InChI=1S/C21H22F2N2O5S/c22-21(23)30-18-6-1-17(2-7-18)15-24-20(26)10-5-16-3-8-19(9-4-16)31(27,28)25-11-13-29-14-12-25/h1-10,21H,11-15H2,(H,24,26)/b10-5+. The molecule has 0 atom stereocenters. The number of alkyl halides is 2. The number of ether oxygens (including phenoxy) is 2. The van der Waals surface area contributed by atoms with E-state index in [0.717, 1.165) is 5.56 Å². The molecule has 7 nitrogen and oxygen atoms in total. The second-order valence-corrected chi connectivity index (χ2v) is 8.60. The Kier molecular flexibility index (Phi) is 7.72. The summed E-state index contributed by atoms with van der Waals surface area (Å²) in [6.45, 7) is -1.26. The number of nitrogens with zero attached hydrogens (tertiary/aromatic N) is 1. The maximum atomic E-state index is 12.6. The van der Waals surface area contributed by atoms with E-state index in [9.17, 15) is 22.0 Å². The van der Waals surface area contributed by atoms with Crippen LogP contribution < -0.4 is 10.1 Å². The van der Waals surface area contributed by atoms with E-state index in [-0.39, 0.29) is 23.1 Å². The molecule has 1 fully saturated rings. The van der Waals surface area contributed by atoms with E-state index in [1.165, 1.54) is 34.6 Å². The molecule has 0 unspecified atom stereocenters. The molecule has 1 aliphatic heterocycles. The van der Waals surface area contributed by atoms with Crippen LogP contribution in [0.3, 0.4) is 0 Å². The highest BCUT2D eigenvalue weighted by atomic mass is 32.2. The monoisotopic (exact) mass is 452 g/mol. The third-order valence-corrected chi connectivity index (χ3v) is 6.44. The normalized spacial score (nSPS) is 15.3. The fourth-order valence-electron chi connectivity index (χ4n) is 2.90. The SMILES string of the molecule is O=C(/C=C/c1ccc(S(=O)(=O)N2CCOCC2)cc1)NCc1ccc(OC(F)F)cc1. The molecule has 1 aliphatic rings. The molecule has 1 heterocycles. The molecule has 0 bridgehead atoms. The van der Waals surface area contributed by atoms with Crippen molar-refractivity contribution in [2.24, 2.45) is 0 Å². The number of sulfonamides is 1. The van der Waals surface area contributed by atoms with E-state index < -0.39 is 16.6 Å². The summed E-state index contributed by atoms with van der Waals surface area (Å²) < 4.78 is 60.3. The molecule has 10 heteroatoms. The van der Waals surface area contributed by atoms with Crippen LogP contribution in [0.4, 0.5) is 8.78 Å². The van der Waals surface area contributed by atoms with Crippen molar-refractivity contribution in [3.05, 3.63) is 65.7 Å². The Morgan fingerprint density at radius 1 is 1.10 bits per heavy atom. The number of hydrogen-bond acceptors (Lipinski definition) is 5. The lowest BCUT2D eigenvalue weighted by molar-refractivity contribution is -0.116. The van der Waals surface area contributed by atoms with E-state index in [1.54, 1.807) is 30.3 Å². The molecule has 31 heavy (non-hydrogen) atoms. The summed E-state index contributed by atoms with van der Waals surface area (Å²) in [5.41, 5.74) is 1.39. The summed E-state index contributed by atoms with van der Waals surface area (Å²) in [7, 11) is -3.56. The molecule has 2 aromatic carbocycles. The van der Waals surface area contributed by atoms with Crippen LogP contribution >= 0.6 is 0 Å². The van der Waals surface area contributed by atoms with E-state index in [2.05, 4.69) is 10.1 Å². The fourth-order valence-corrected chi connectivity index (χ4v) is 4.30. The van der Waals surface area contributed by atoms with Gasteiger partial charge < -0.3 is 14.8 Å². The van der Waals surface area contributed by atoms with Crippen molar-refractivity contribution in [3.8, 4) is 5.75 Å². The quantitative estimate of drug-likeness (QED) is 0.623. The van der Waals surface area contributed by atoms with Gasteiger partial charge in [0.25, 0.3) is 0 Å². The zero-order valence-electron chi connectivity index (χ0n) is 16.5. The minimum atomic E-state index is -3.56. The van der Waals surface area contributed by atoms with Gasteiger partial charge in [-0.25, -0.2) is 8.42 Å². The predicted octanol–water partition coefficient (Wildman–Crippen LogP) is 2.64. The molecule has 1 N–H and O–H groups in total. The average Bonchev–Trinajstić information content (AvgIpc) is 2.78. The third-order valence-electron chi connectivity index (χ3n) is 4.53. The van der Waals surface area contributed by atoms with Gasteiger partial charge in [-0.2, -0.15) is 13.1 Å². The first-order chi connectivity index (χ1) is 14.8. The summed E-state index contributed by atoms with van der Waals surface area (Å²) in [6, 6.07) is 12.2. The first kappa shape index (κ1) is 22.9. The summed E-state index contributed by atoms with van der Waals surface area (Å²) in [5.74, 6) is -0.304. The van der Waals surface area contributed by atoms with Crippen LogP contribution in [0.2, 0.25) is 0 Å². The highest BCUT2D eigenvalue weighted by Gasteiger charge is 2.25. The largest absolute Gasteiger partial charge is 0.435 e. The maximum absolute atomic E-state index is 12.6. The molecule has 2 aromatic rings. The van der Waals surface area contributed by atoms with Crippen LogP contribution in [0, 0.1) is 0 Å². The van der Waals surface area contributed by atoms with Crippen LogP contribution in [0.5, 0.6) is 5.75 Å². The molecule has 0 aliphatic carbocycles. The number of morpholine rings is 1. The number of carbonyl (C=O) groups excluding carboxylic acids is 1. The zero-order chi connectivity index (χ0) is 22.3. The molecule has 1 amide bonds. The highest BCUT2D eigenvalue weighted by Crippen LogP contribution is 2.18. The van der Waals surface area contributed by atoms with Gasteiger partial charge in [-0.3, -0.25) is 4.79 Å². The molecular formula is C21H22F2N2O5S. The van der Waals surface area contributed by atoms with Gasteiger partial charge >= 0.3 is 6.61 Å². The molecule has 0 radical (unpaired) electrons. The van der Waals surface area contributed by atoms with Gasteiger partial charge in [0.1, 0.15) is 5.75 Å². The van der Waals surface area contributed by atoms with Crippen molar-refractivity contribution in [1.82, 2.24) is 9.62 Å². The lowest BCUT2D eigenvalue weighted by Crippen LogP contribution is -2.40. The van der Waals surface area contributed by atoms with Gasteiger partial charge in [0.15, 0.2) is 0 Å². The molecule has 3 rings (SSSR count). The molecular weight excluding hydrogens is 430 g/mol. The molecule has 1 saturated heterocycles. The number of hydrogen-bond donors (Lipinski definition) is 1. The van der Waals surface area contributed by atoms with Crippen molar-refractivity contribution in [3.63, 3.8) is 0 Å². The third kappa shape index (κ3) is 6.58. The van der Waals surface area contributed by atoms with Crippen LogP contribution in [0.15, 0.2) is 59.5 Å². The van der Waals surface area contributed by atoms with Crippen molar-refractivity contribution < 1.29 is 31.5 Å². The Morgan fingerprint density at radius 2 is 1.74 bits per heavy atom. The van der Waals surface area contributed by atoms with E-state index in [4.69, 9.17) is 4.74 Å². The topological polar surface area (TPSA) is 84.9 Å². The minimum Gasteiger partial charge on any atom is -0.435 e. The van der Waals surface area contributed by atoms with Crippen LogP contribution in [0.25, 0.3) is 6.08 Å². The van der Waals surface area contributed by atoms with Gasteiger partial charge in [-0.1, -0.05) is 24.3 Å². The second kappa shape index (κ2) is 10.5. The van der Waals surface area contributed by atoms with E-state index >= 15 is 0 Å². The minimum absolute atomic E-state index is 0.0454. The van der Waals surface area contributed by atoms with E-state index in [0.29, 0.717) is 31.9 Å². The number of amides is 1. The average molecular weight is 452 g/mol. The van der Waals surface area contributed by atoms with Crippen LogP contribution in [-0.2, 0) is 26.1 Å². The van der Waals surface area contributed by atoms with Gasteiger partial charge in [0.2, 0.25) is 15.9 Å². The number of carbonyl (C=O) groups is 1. The van der Waals surface area contributed by atoms with Crippen molar-refractivity contribution in [1.29, 1.82) is 0 Å². The Bertz CT molecular complexity index is 1000. The Balaban J connectivity index is 1.52. The number of nitrogens with one attached hydrogen (secondary N) is 1. The first-order valence-corrected chi connectivity index (χ1v) is 11.0. The Hall–Kier alpha value is -2.82. The number of halogens is 2.